The van der Waals surface area contributed by atoms with E-state index in [1.165, 1.54) is 5.56 Å². The number of anilines is 2. The number of aryl methyl sites for hydroxylation is 2. The Hall–Kier alpha value is -2.20. The zero-order valence-electron chi connectivity index (χ0n) is 12.5. The molecule has 0 radical (unpaired) electrons. The Balaban J connectivity index is 1.92. The molecule has 0 aliphatic carbocycles. The number of nitrogens with zero attached hydrogens (tertiary/aromatic N) is 2. The van der Waals surface area contributed by atoms with Crippen LogP contribution in [0, 0.1) is 13.8 Å². The van der Waals surface area contributed by atoms with Crippen LogP contribution in [-0.2, 0) is 0 Å². The summed E-state index contributed by atoms with van der Waals surface area (Å²) in [5, 5.41) is 3.32. The Labute approximate surface area is 138 Å². The summed E-state index contributed by atoms with van der Waals surface area (Å²) in [5.74, 6) is 1.54. The van der Waals surface area contributed by atoms with Gasteiger partial charge >= 0.3 is 0 Å². The largest absolute Gasteiger partial charge is 0.340 e. The molecule has 1 N–H and O–H groups in total. The van der Waals surface area contributed by atoms with Crippen molar-refractivity contribution in [3.05, 3.63) is 70.5 Å². The zero-order chi connectivity index (χ0) is 15.5. The summed E-state index contributed by atoms with van der Waals surface area (Å²) in [5.41, 5.74) is 4.25. The van der Waals surface area contributed by atoms with E-state index in [1.807, 2.05) is 37.3 Å². The minimum Gasteiger partial charge on any atom is -0.340 e. The maximum Gasteiger partial charge on any atom is 0.134 e. The summed E-state index contributed by atoms with van der Waals surface area (Å²) in [6.45, 7) is 3.99. The van der Waals surface area contributed by atoms with Gasteiger partial charge in [0.15, 0.2) is 0 Å². The Morgan fingerprint density at radius 3 is 2.23 bits per heavy atom. The SMILES string of the molecule is Cc1ccc(-c2cc(Nc3ccc(Br)cc3)nc(C)n2)cc1. The van der Waals surface area contributed by atoms with Crippen molar-refractivity contribution in [2.24, 2.45) is 0 Å². The van der Waals surface area contributed by atoms with E-state index in [0.717, 1.165) is 33.1 Å². The number of nitrogens with one attached hydrogen (secondary N) is 1. The third-order valence-electron chi connectivity index (χ3n) is 3.30. The lowest BCUT2D eigenvalue weighted by atomic mass is 10.1. The summed E-state index contributed by atoms with van der Waals surface area (Å²) < 4.78 is 1.05. The standard InChI is InChI=1S/C18H16BrN3/c1-12-3-5-14(6-4-12)17-11-18(21-13(2)20-17)22-16-9-7-15(19)8-10-16/h3-11H,1-2H3,(H,20,21,22). The second-order valence-corrected chi connectivity index (χ2v) is 6.10. The van der Waals surface area contributed by atoms with Gasteiger partial charge in [-0.1, -0.05) is 45.8 Å². The highest BCUT2D eigenvalue weighted by Crippen LogP contribution is 2.23. The molecule has 0 amide bonds. The van der Waals surface area contributed by atoms with Crippen molar-refractivity contribution < 1.29 is 0 Å². The Kier molecular flexibility index (Phi) is 4.20. The Morgan fingerprint density at radius 1 is 0.864 bits per heavy atom. The van der Waals surface area contributed by atoms with Gasteiger partial charge in [-0.15, -0.1) is 0 Å². The Morgan fingerprint density at radius 2 is 1.55 bits per heavy atom. The molecule has 2 aromatic carbocycles. The van der Waals surface area contributed by atoms with Gasteiger partial charge in [0.1, 0.15) is 11.6 Å². The molecule has 0 aliphatic heterocycles. The van der Waals surface area contributed by atoms with E-state index >= 15 is 0 Å². The van der Waals surface area contributed by atoms with Crippen molar-refractivity contribution in [2.75, 3.05) is 5.32 Å². The molecule has 0 saturated heterocycles. The van der Waals surface area contributed by atoms with Gasteiger partial charge < -0.3 is 5.32 Å². The minimum absolute atomic E-state index is 0.748. The van der Waals surface area contributed by atoms with Gasteiger partial charge in [-0.2, -0.15) is 0 Å². The molecule has 110 valence electrons. The molecule has 0 unspecified atom stereocenters. The molecule has 0 bridgehead atoms. The second-order valence-electron chi connectivity index (χ2n) is 5.18. The van der Waals surface area contributed by atoms with Crippen molar-refractivity contribution in [2.45, 2.75) is 13.8 Å². The van der Waals surface area contributed by atoms with Gasteiger partial charge in [0.25, 0.3) is 0 Å². The first kappa shape index (κ1) is 14.7. The first-order valence-corrected chi connectivity index (χ1v) is 7.85. The molecule has 22 heavy (non-hydrogen) atoms. The third-order valence-corrected chi connectivity index (χ3v) is 3.83. The molecule has 0 saturated carbocycles. The fraction of sp³-hybridized carbons (Fsp3) is 0.111. The predicted octanol–water partition coefficient (Wildman–Crippen LogP) is 5.27. The second kappa shape index (κ2) is 6.28. The lowest BCUT2D eigenvalue weighted by Gasteiger charge is -2.09. The number of rotatable bonds is 3. The summed E-state index contributed by atoms with van der Waals surface area (Å²) in [7, 11) is 0. The summed E-state index contributed by atoms with van der Waals surface area (Å²) >= 11 is 3.44. The van der Waals surface area contributed by atoms with Crippen molar-refractivity contribution in [1.82, 2.24) is 9.97 Å². The fourth-order valence-corrected chi connectivity index (χ4v) is 2.45. The van der Waals surface area contributed by atoms with Gasteiger partial charge in [-0.3, -0.25) is 0 Å². The number of hydrogen-bond donors (Lipinski definition) is 1. The van der Waals surface area contributed by atoms with Crippen LogP contribution in [0.4, 0.5) is 11.5 Å². The van der Waals surface area contributed by atoms with Crippen LogP contribution in [0.2, 0.25) is 0 Å². The molecule has 0 aliphatic rings. The number of aromatic nitrogens is 2. The highest BCUT2D eigenvalue weighted by Gasteiger charge is 2.05. The van der Waals surface area contributed by atoms with E-state index in [0.29, 0.717) is 0 Å². The average molecular weight is 354 g/mol. The van der Waals surface area contributed by atoms with Crippen molar-refractivity contribution in [3.8, 4) is 11.3 Å². The van der Waals surface area contributed by atoms with Crippen LogP contribution in [0.15, 0.2) is 59.1 Å². The van der Waals surface area contributed by atoms with E-state index in [-0.39, 0.29) is 0 Å². The molecule has 0 atom stereocenters. The average Bonchev–Trinajstić information content (AvgIpc) is 2.50. The Bertz CT molecular complexity index is 780. The molecule has 1 heterocycles. The van der Waals surface area contributed by atoms with Crippen LogP contribution >= 0.6 is 15.9 Å². The van der Waals surface area contributed by atoms with Gasteiger partial charge in [-0.05, 0) is 38.1 Å². The highest BCUT2D eigenvalue weighted by atomic mass is 79.9. The van der Waals surface area contributed by atoms with E-state index in [9.17, 15) is 0 Å². The highest BCUT2D eigenvalue weighted by molar-refractivity contribution is 9.10. The normalized spacial score (nSPS) is 10.5. The van der Waals surface area contributed by atoms with Crippen molar-refractivity contribution in [3.63, 3.8) is 0 Å². The maximum atomic E-state index is 4.53. The maximum absolute atomic E-state index is 4.53. The number of benzene rings is 2. The lowest BCUT2D eigenvalue weighted by molar-refractivity contribution is 1.06. The van der Waals surface area contributed by atoms with Crippen molar-refractivity contribution in [1.29, 1.82) is 0 Å². The summed E-state index contributed by atoms with van der Waals surface area (Å²) in [6.07, 6.45) is 0. The van der Waals surface area contributed by atoms with Gasteiger partial charge in [-0.25, -0.2) is 9.97 Å². The molecular weight excluding hydrogens is 338 g/mol. The smallest absolute Gasteiger partial charge is 0.134 e. The molecule has 0 spiro atoms. The van der Waals surface area contributed by atoms with Crippen LogP contribution in [0.1, 0.15) is 11.4 Å². The van der Waals surface area contributed by atoms with Crippen LogP contribution in [0.5, 0.6) is 0 Å². The van der Waals surface area contributed by atoms with Gasteiger partial charge in [0.2, 0.25) is 0 Å². The quantitative estimate of drug-likeness (QED) is 0.697. The zero-order valence-corrected chi connectivity index (χ0v) is 14.1. The van der Waals surface area contributed by atoms with E-state index in [1.54, 1.807) is 0 Å². The van der Waals surface area contributed by atoms with Crippen LogP contribution < -0.4 is 5.32 Å². The van der Waals surface area contributed by atoms with E-state index in [2.05, 4.69) is 62.4 Å². The van der Waals surface area contributed by atoms with Gasteiger partial charge in [0, 0.05) is 21.8 Å². The molecule has 3 nitrogen and oxygen atoms in total. The topological polar surface area (TPSA) is 37.8 Å². The van der Waals surface area contributed by atoms with Crippen molar-refractivity contribution >= 4 is 27.4 Å². The summed E-state index contributed by atoms with van der Waals surface area (Å²) in [6, 6.07) is 18.3. The molecule has 1 aromatic heterocycles. The number of halogens is 1. The molecule has 3 rings (SSSR count). The van der Waals surface area contributed by atoms with E-state index < -0.39 is 0 Å². The van der Waals surface area contributed by atoms with Gasteiger partial charge in [0.05, 0.1) is 5.69 Å². The van der Waals surface area contributed by atoms with E-state index in [4.69, 9.17) is 0 Å². The van der Waals surface area contributed by atoms with Crippen LogP contribution in [0.25, 0.3) is 11.3 Å². The fourth-order valence-electron chi connectivity index (χ4n) is 2.19. The molecular formula is C18H16BrN3. The third kappa shape index (κ3) is 3.52. The molecule has 3 aromatic rings. The summed E-state index contributed by atoms with van der Waals surface area (Å²) in [4.78, 5) is 8.99. The monoisotopic (exact) mass is 353 g/mol. The molecule has 0 fully saturated rings. The molecule has 4 heteroatoms. The lowest BCUT2D eigenvalue weighted by Crippen LogP contribution is -1.98. The first-order valence-electron chi connectivity index (χ1n) is 7.05. The number of hydrogen-bond acceptors (Lipinski definition) is 3. The van der Waals surface area contributed by atoms with Crippen LogP contribution in [-0.4, -0.2) is 9.97 Å². The predicted molar refractivity (Wildman–Crippen MR) is 94.4 cm³/mol. The van der Waals surface area contributed by atoms with Crippen LogP contribution in [0.3, 0.4) is 0 Å². The minimum atomic E-state index is 0.748. The first-order chi connectivity index (χ1) is 10.6.